The summed E-state index contributed by atoms with van der Waals surface area (Å²) in [7, 11) is 0. The van der Waals surface area contributed by atoms with Crippen molar-refractivity contribution in [2.24, 2.45) is 0 Å². The van der Waals surface area contributed by atoms with Crippen molar-refractivity contribution in [1.29, 1.82) is 0 Å². The van der Waals surface area contributed by atoms with E-state index in [2.05, 4.69) is 31.8 Å². The van der Waals surface area contributed by atoms with E-state index < -0.39 is 0 Å². The third-order valence-corrected chi connectivity index (χ3v) is 5.15. The molecule has 4 aromatic rings. The Hall–Kier alpha value is -3.65. The average molecular weight is 493 g/mol. The van der Waals surface area contributed by atoms with Crippen LogP contribution in [0.2, 0.25) is 0 Å². The topological polar surface area (TPSA) is 85.2 Å². The number of carbonyl (C=O) groups excluding carboxylic acids is 1. The zero-order valence-corrected chi connectivity index (χ0v) is 19.1. The normalized spacial score (nSPS) is 10.9. The standard InChI is InChI=1S/C24H21BrN4O3/c1-15(2)32-19-7-5-6-18(14-19)29-23(31)20-8-3-4-9-21(20)26-24(29)28-27-22(30)16-10-12-17(25)13-11-16/h3-15H,1-2H3,(H,26,28)(H,27,30). The quantitative estimate of drug-likeness (QED) is 0.381. The van der Waals surface area contributed by atoms with Crippen molar-refractivity contribution in [3.05, 3.63) is 93.2 Å². The predicted molar refractivity (Wildman–Crippen MR) is 128 cm³/mol. The van der Waals surface area contributed by atoms with Crippen LogP contribution in [-0.2, 0) is 0 Å². The van der Waals surface area contributed by atoms with Crippen LogP contribution in [0, 0.1) is 0 Å². The van der Waals surface area contributed by atoms with Gasteiger partial charge >= 0.3 is 0 Å². The van der Waals surface area contributed by atoms with Gasteiger partial charge in [-0.25, -0.2) is 9.55 Å². The van der Waals surface area contributed by atoms with Gasteiger partial charge in [-0.05, 0) is 62.4 Å². The van der Waals surface area contributed by atoms with E-state index in [9.17, 15) is 9.59 Å². The van der Waals surface area contributed by atoms with Crippen LogP contribution in [0.1, 0.15) is 24.2 Å². The molecule has 4 rings (SSSR count). The number of hydrazine groups is 1. The van der Waals surface area contributed by atoms with E-state index in [4.69, 9.17) is 4.74 Å². The summed E-state index contributed by atoms with van der Waals surface area (Å²) in [6.07, 6.45) is -0.0144. The van der Waals surface area contributed by atoms with E-state index in [1.807, 2.05) is 19.9 Å². The number of anilines is 1. The van der Waals surface area contributed by atoms with Gasteiger partial charge in [0.15, 0.2) is 0 Å². The largest absolute Gasteiger partial charge is 0.491 e. The van der Waals surface area contributed by atoms with Crippen LogP contribution in [0.25, 0.3) is 16.6 Å². The number of aromatic nitrogens is 2. The van der Waals surface area contributed by atoms with Crippen LogP contribution < -0.4 is 21.1 Å². The van der Waals surface area contributed by atoms with Gasteiger partial charge in [-0.2, -0.15) is 0 Å². The maximum absolute atomic E-state index is 13.4. The molecule has 0 unspecified atom stereocenters. The summed E-state index contributed by atoms with van der Waals surface area (Å²) in [6.45, 7) is 3.86. The molecule has 0 spiro atoms. The molecule has 0 radical (unpaired) electrons. The van der Waals surface area contributed by atoms with Crippen molar-refractivity contribution < 1.29 is 9.53 Å². The minimum absolute atomic E-state index is 0.0144. The highest BCUT2D eigenvalue weighted by molar-refractivity contribution is 9.10. The van der Waals surface area contributed by atoms with E-state index in [1.54, 1.807) is 66.7 Å². The first-order valence-corrected chi connectivity index (χ1v) is 10.8. The Morgan fingerprint density at radius 1 is 1.03 bits per heavy atom. The summed E-state index contributed by atoms with van der Waals surface area (Å²) in [5.74, 6) is 0.451. The Morgan fingerprint density at radius 2 is 1.78 bits per heavy atom. The van der Waals surface area contributed by atoms with Crippen molar-refractivity contribution in [3.8, 4) is 11.4 Å². The van der Waals surface area contributed by atoms with Crippen LogP contribution in [0.4, 0.5) is 5.95 Å². The highest BCUT2D eigenvalue weighted by atomic mass is 79.9. The molecule has 1 heterocycles. The molecular weight excluding hydrogens is 472 g/mol. The highest BCUT2D eigenvalue weighted by Gasteiger charge is 2.15. The van der Waals surface area contributed by atoms with Gasteiger partial charge in [-0.15, -0.1) is 0 Å². The Morgan fingerprint density at radius 3 is 2.53 bits per heavy atom. The summed E-state index contributed by atoms with van der Waals surface area (Å²) in [4.78, 5) is 30.5. The lowest BCUT2D eigenvalue weighted by Crippen LogP contribution is -2.34. The van der Waals surface area contributed by atoms with E-state index in [-0.39, 0.29) is 23.5 Å². The fraction of sp³-hybridized carbons (Fsp3) is 0.125. The second-order valence-corrected chi connectivity index (χ2v) is 8.26. The number of fused-ring (bicyclic) bond motifs is 1. The number of nitrogens with zero attached hydrogens (tertiary/aromatic N) is 2. The maximum Gasteiger partial charge on any atom is 0.269 e. The van der Waals surface area contributed by atoms with E-state index in [0.717, 1.165) is 4.47 Å². The summed E-state index contributed by atoms with van der Waals surface area (Å²) < 4.78 is 8.06. The first-order valence-electron chi connectivity index (χ1n) is 10.0. The fourth-order valence-electron chi connectivity index (χ4n) is 3.21. The average Bonchev–Trinajstić information content (AvgIpc) is 2.78. The minimum atomic E-state index is -0.358. The first-order chi connectivity index (χ1) is 15.4. The molecule has 0 bridgehead atoms. The highest BCUT2D eigenvalue weighted by Crippen LogP contribution is 2.21. The number of nitrogens with one attached hydrogen (secondary N) is 2. The van der Waals surface area contributed by atoms with Gasteiger partial charge in [0.05, 0.1) is 22.7 Å². The number of hydrogen-bond acceptors (Lipinski definition) is 5. The van der Waals surface area contributed by atoms with Crippen LogP contribution >= 0.6 is 15.9 Å². The fourth-order valence-corrected chi connectivity index (χ4v) is 3.47. The van der Waals surface area contributed by atoms with E-state index in [0.29, 0.717) is 27.9 Å². The summed E-state index contributed by atoms with van der Waals surface area (Å²) in [6, 6.07) is 21.2. The Bertz CT molecular complexity index is 1330. The van der Waals surface area contributed by atoms with Crippen molar-refractivity contribution >= 4 is 38.7 Å². The Kier molecular flexibility index (Phi) is 6.23. The van der Waals surface area contributed by atoms with Gasteiger partial charge in [0.2, 0.25) is 5.95 Å². The molecule has 0 fully saturated rings. The van der Waals surface area contributed by atoms with Crippen molar-refractivity contribution in [1.82, 2.24) is 15.0 Å². The summed E-state index contributed by atoms with van der Waals surface area (Å²) in [5, 5.41) is 0.465. The number of rotatable bonds is 6. The van der Waals surface area contributed by atoms with Crippen molar-refractivity contribution in [3.63, 3.8) is 0 Å². The summed E-state index contributed by atoms with van der Waals surface area (Å²) in [5.41, 5.74) is 6.72. The zero-order valence-electron chi connectivity index (χ0n) is 17.5. The predicted octanol–water partition coefficient (Wildman–Crippen LogP) is 4.69. The van der Waals surface area contributed by atoms with Crippen LogP contribution in [0.3, 0.4) is 0 Å². The molecular formula is C24H21BrN4O3. The summed E-state index contributed by atoms with van der Waals surface area (Å²) >= 11 is 3.35. The maximum atomic E-state index is 13.4. The smallest absolute Gasteiger partial charge is 0.269 e. The third-order valence-electron chi connectivity index (χ3n) is 4.62. The molecule has 0 saturated heterocycles. The monoisotopic (exact) mass is 492 g/mol. The first kappa shape index (κ1) is 21.6. The number of hydrogen-bond donors (Lipinski definition) is 2. The molecule has 32 heavy (non-hydrogen) atoms. The van der Waals surface area contributed by atoms with Crippen LogP contribution in [-0.4, -0.2) is 21.6 Å². The molecule has 1 amide bonds. The molecule has 0 aliphatic rings. The van der Waals surface area contributed by atoms with Gasteiger partial charge in [-0.3, -0.25) is 20.4 Å². The number of benzene rings is 3. The van der Waals surface area contributed by atoms with Crippen molar-refractivity contribution in [2.75, 3.05) is 5.43 Å². The minimum Gasteiger partial charge on any atom is -0.491 e. The number of carbonyl (C=O) groups is 1. The lowest BCUT2D eigenvalue weighted by Gasteiger charge is -2.17. The van der Waals surface area contributed by atoms with Gasteiger partial charge in [0, 0.05) is 16.1 Å². The molecule has 0 saturated carbocycles. The molecule has 0 aliphatic carbocycles. The van der Waals surface area contributed by atoms with Gasteiger partial charge in [0.1, 0.15) is 5.75 Å². The third kappa shape index (κ3) is 4.65. The number of ether oxygens (including phenoxy) is 1. The molecule has 0 atom stereocenters. The van der Waals surface area contributed by atoms with Crippen LogP contribution in [0.15, 0.2) is 82.1 Å². The number of amides is 1. The second kappa shape index (κ2) is 9.23. The number of halogens is 1. The van der Waals surface area contributed by atoms with E-state index >= 15 is 0 Å². The lowest BCUT2D eigenvalue weighted by molar-refractivity contribution is 0.0962. The SMILES string of the molecule is CC(C)Oc1cccc(-n2c(NNC(=O)c3ccc(Br)cc3)nc3ccccc3c2=O)c1. The molecule has 8 heteroatoms. The lowest BCUT2D eigenvalue weighted by atomic mass is 10.2. The van der Waals surface area contributed by atoms with Gasteiger partial charge in [0.25, 0.3) is 11.5 Å². The molecule has 2 N–H and O–H groups in total. The Balaban J connectivity index is 1.75. The van der Waals surface area contributed by atoms with Crippen molar-refractivity contribution in [2.45, 2.75) is 20.0 Å². The molecule has 7 nitrogen and oxygen atoms in total. The van der Waals surface area contributed by atoms with Crippen LogP contribution in [0.5, 0.6) is 5.75 Å². The Labute approximate surface area is 193 Å². The molecule has 3 aromatic carbocycles. The zero-order chi connectivity index (χ0) is 22.7. The molecule has 162 valence electrons. The van der Waals surface area contributed by atoms with E-state index in [1.165, 1.54) is 4.57 Å². The molecule has 0 aliphatic heterocycles. The number of para-hydroxylation sites is 1. The molecule has 1 aromatic heterocycles. The van der Waals surface area contributed by atoms with Gasteiger partial charge in [-0.1, -0.05) is 34.1 Å². The second-order valence-electron chi connectivity index (χ2n) is 7.34. The van der Waals surface area contributed by atoms with Gasteiger partial charge < -0.3 is 4.74 Å².